The van der Waals surface area contributed by atoms with E-state index in [1.807, 2.05) is 4.90 Å². The molecule has 0 aliphatic carbocycles. The molecule has 0 bridgehead atoms. The van der Waals surface area contributed by atoms with Gasteiger partial charge in [0.1, 0.15) is 5.82 Å². The van der Waals surface area contributed by atoms with Crippen molar-refractivity contribution in [1.82, 2.24) is 14.7 Å². The Morgan fingerprint density at radius 3 is 2.68 bits per heavy atom. The first-order chi connectivity index (χ1) is 12.1. The van der Waals surface area contributed by atoms with E-state index in [4.69, 9.17) is 11.6 Å². The van der Waals surface area contributed by atoms with Gasteiger partial charge >= 0.3 is 0 Å². The quantitative estimate of drug-likeness (QED) is 0.818. The molecule has 1 amide bonds. The van der Waals surface area contributed by atoms with E-state index in [1.165, 1.54) is 12.1 Å². The van der Waals surface area contributed by atoms with E-state index >= 15 is 0 Å². The molecule has 1 aromatic rings. The molecule has 25 heavy (non-hydrogen) atoms. The number of hydrogen-bond acceptors (Lipinski definition) is 3. The van der Waals surface area contributed by atoms with Crippen molar-refractivity contribution in [2.45, 2.75) is 31.7 Å². The van der Waals surface area contributed by atoms with Crippen molar-refractivity contribution in [2.75, 3.05) is 46.3 Å². The van der Waals surface area contributed by atoms with Gasteiger partial charge in [-0.05, 0) is 44.9 Å². The number of amides is 1. The fourth-order valence-electron chi connectivity index (χ4n) is 3.82. The molecule has 0 unspecified atom stereocenters. The van der Waals surface area contributed by atoms with E-state index < -0.39 is 5.82 Å². The third kappa shape index (κ3) is 4.52. The molecule has 0 radical (unpaired) electrons. The number of nitrogens with zero attached hydrogens (tertiary/aromatic N) is 3. The minimum atomic E-state index is -0.527. The number of rotatable bonds is 4. The fraction of sp³-hybridized carbons (Fsp3) is 0.632. The highest BCUT2D eigenvalue weighted by molar-refractivity contribution is 6.33. The molecule has 2 saturated heterocycles. The first kappa shape index (κ1) is 18.6. The van der Waals surface area contributed by atoms with Crippen LogP contribution in [0.2, 0.25) is 5.02 Å². The lowest BCUT2D eigenvalue weighted by Gasteiger charge is -2.38. The van der Waals surface area contributed by atoms with Crippen molar-refractivity contribution in [1.29, 1.82) is 0 Å². The second-order valence-corrected chi connectivity index (χ2v) is 7.59. The lowest BCUT2D eigenvalue weighted by molar-refractivity contribution is 0.0565. The van der Waals surface area contributed by atoms with E-state index in [-0.39, 0.29) is 22.5 Å². The maximum Gasteiger partial charge on any atom is 0.258 e. The van der Waals surface area contributed by atoms with Gasteiger partial charge in [0.05, 0.1) is 10.6 Å². The summed E-state index contributed by atoms with van der Waals surface area (Å²) in [5.41, 5.74) is 0.0238. The first-order valence-corrected chi connectivity index (χ1v) is 9.60. The molecule has 1 aromatic carbocycles. The SMILES string of the molecule is CN1CCN(CC[C@H]2CCCCN2C(=O)c2c(F)cccc2Cl)CC1. The van der Waals surface area contributed by atoms with Crippen LogP contribution in [0.3, 0.4) is 0 Å². The summed E-state index contributed by atoms with van der Waals surface area (Å²) in [6, 6.07) is 4.61. The van der Waals surface area contributed by atoms with Crippen molar-refractivity contribution in [2.24, 2.45) is 0 Å². The molecule has 4 nitrogen and oxygen atoms in total. The summed E-state index contributed by atoms with van der Waals surface area (Å²) in [6.45, 7) is 6.03. The average Bonchev–Trinajstić information content (AvgIpc) is 2.61. The third-order valence-electron chi connectivity index (χ3n) is 5.44. The van der Waals surface area contributed by atoms with Crippen molar-refractivity contribution < 1.29 is 9.18 Å². The normalized spacial score (nSPS) is 23.0. The summed E-state index contributed by atoms with van der Waals surface area (Å²) in [4.78, 5) is 19.6. The van der Waals surface area contributed by atoms with Crippen molar-refractivity contribution in [3.05, 3.63) is 34.6 Å². The standard InChI is InChI=1S/C19H27ClFN3O/c1-22-11-13-23(14-12-22)10-8-15-5-2-3-9-24(15)19(25)18-16(20)6-4-7-17(18)21/h4,6-7,15H,2-3,5,8-14H2,1H3/t15-/m1/s1. The summed E-state index contributed by atoms with van der Waals surface area (Å²) < 4.78 is 14.2. The lowest BCUT2D eigenvalue weighted by atomic mass is 9.97. The molecule has 2 heterocycles. The van der Waals surface area contributed by atoms with Gasteiger partial charge in [0.25, 0.3) is 5.91 Å². The van der Waals surface area contributed by atoms with Crippen LogP contribution in [0.1, 0.15) is 36.0 Å². The fourth-order valence-corrected chi connectivity index (χ4v) is 4.06. The number of carbonyl (C=O) groups excluding carboxylic acids is 1. The van der Waals surface area contributed by atoms with Gasteiger partial charge in [-0.15, -0.1) is 0 Å². The predicted octanol–water partition coefficient (Wildman–Crippen LogP) is 3.11. The highest BCUT2D eigenvalue weighted by atomic mass is 35.5. The van der Waals surface area contributed by atoms with E-state index in [0.717, 1.165) is 58.4 Å². The topological polar surface area (TPSA) is 26.8 Å². The number of hydrogen-bond donors (Lipinski definition) is 0. The van der Waals surface area contributed by atoms with Gasteiger partial charge < -0.3 is 14.7 Å². The Balaban J connectivity index is 1.65. The zero-order valence-electron chi connectivity index (χ0n) is 14.9. The van der Waals surface area contributed by atoms with Crippen LogP contribution in [-0.4, -0.2) is 73.0 Å². The second kappa shape index (κ2) is 8.47. The monoisotopic (exact) mass is 367 g/mol. The van der Waals surface area contributed by atoms with Gasteiger partial charge in [-0.25, -0.2) is 4.39 Å². The van der Waals surface area contributed by atoms with E-state index in [1.54, 1.807) is 6.07 Å². The number of carbonyl (C=O) groups is 1. The molecule has 138 valence electrons. The van der Waals surface area contributed by atoms with Crippen LogP contribution in [0.4, 0.5) is 4.39 Å². The number of piperidine rings is 1. The molecule has 2 aliphatic rings. The van der Waals surface area contributed by atoms with E-state index in [9.17, 15) is 9.18 Å². The number of piperazine rings is 1. The molecular formula is C19H27ClFN3O. The molecule has 2 aliphatic heterocycles. The first-order valence-electron chi connectivity index (χ1n) is 9.22. The number of halogens is 2. The van der Waals surface area contributed by atoms with Gasteiger partial charge in [0, 0.05) is 45.3 Å². The largest absolute Gasteiger partial charge is 0.335 e. The molecular weight excluding hydrogens is 341 g/mol. The Hall–Kier alpha value is -1.17. The smallest absolute Gasteiger partial charge is 0.258 e. The maximum absolute atomic E-state index is 14.2. The minimum absolute atomic E-state index is 0.0238. The Kier molecular flexibility index (Phi) is 6.31. The molecule has 1 atom stereocenters. The van der Waals surface area contributed by atoms with Gasteiger partial charge in [0.15, 0.2) is 0 Å². The third-order valence-corrected chi connectivity index (χ3v) is 5.75. The summed E-state index contributed by atoms with van der Waals surface area (Å²) in [5.74, 6) is -0.785. The average molecular weight is 368 g/mol. The van der Waals surface area contributed by atoms with Crippen molar-refractivity contribution >= 4 is 17.5 Å². The molecule has 3 rings (SSSR count). The molecule has 6 heteroatoms. The summed E-state index contributed by atoms with van der Waals surface area (Å²) in [5, 5.41) is 0.202. The van der Waals surface area contributed by atoms with Crippen molar-refractivity contribution in [3.63, 3.8) is 0 Å². The summed E-state index contributed by atoms with van der Waals surface area (Å²) in [7, 11) is 2.15. The maximum atomic E-state index is 14.2. The zero-order chi connectivity index (χ0) is 17.8. The van der Waals surface area contributed by atoms with Gasteiger partial charge in [-0.3, -0.25) is 4.79 Å². The Labute approximate surface area is 154 Å². The van der Waals surface area contributed by atoms with Gasteiger partial charge in [-0.1, -0.05) is 17.7 Å². The molecule has 0 N–H and O–H groups in total. The van der Waals surface area contributed by atoms with Crippen LogP contribution in [0.5, 0.6) is 0 Å². The Bertz CT molecular complexity index is 584. The second-order valence-electron chi connectivity index (χ2n) is 7.18. The Morgan fingerprint density at radius 1 is 1.20 bits per heavy atom. The molecule has 2 fully saturated rings. The van der Waals surface area contributed by atoms with Gasteiger partial charge in [-0.2, -0.15) is 0 Å². The van der Waals surface area contributed by atoms with Crippen LogP contribution in [0.15, 0.2) is 18.2 Å². The lowest BCUT2D eigenvalue weighted by Crippen LogP contribution is -2.48. The van der Waals surface area contributed by atoms with Crippen LogP contribution in [0.25, 0.3) is 0 Å². The molecule has 0 spiro atoms. The summed E-state index contributed by atoms with van der Waals surface area (Å²) >= 11 is 6.10. The van der Waals surface area contributed by atoms with E-state index in [2.05, 4.69) is 16.8 Å². The van der Waals surface area contributed by atoms with Crippen molar-refractivity contribution in [3.8, 4) is 0 Å². The van der Waals surface area contributed by atoms with Crippen LogP contribution in [0, 0.1) is 5.82 Å². The molecule has 0 aromatic heterocycles. The zero-order valence-corrected chi connectivity index (χ0v) is 15.6. The van der Waals surface area contributed by atoms with E-state index in [0.29, 0.717) is 6.54 Å². The highest BCUT2D eigenvalue weighted by Crippen LogP contribution is 2.26. The van der Waals surface area contributed by atoms with Crippen LogP contribution < -0.4 is 0 Å². The Morgan fingerprint density at radius 2 is 1.96 bits per heavy atom. The van der Waals surface area contributed by atoms with Crippen LogP contribution in [-0.2, 0) is 0 Å². The number of likely N-dealkylation sites (N-methyl/N-ethyl adjacent to an activating group) is 1. The highest BCUT2D eigenvalue weighted by Gasteiger charge is 2.30. The van der Waals surface area contributed by atoms with Gasteiger partial charge in [0.2, 0.25) is 0 Å². The number of likely N-dealkylation sites (tertiary alicyclic amines) is 1. The summed E-state index contributed by atoms with van der Waals surface area (Å²) in [6.07, 6.45) is 4.04. The number of benzene rings is 1. The minimum Gasteiger partial charge on any atom is -0.335 e. The predicted molar refractivity (Wildman–Crippen MR) is 98.6 cm³/mol. The van der Waals surface area contributed by atoms with Crippen LogP contribution >= 0.6 is 11.6 Å². The molecule has 0 saturated carbocycles.